The first-order valence-electron chi connectivity index (χ1n) is 5.38. The summed E-state index contributed by atoms with van der Waals surface area (Å²) in [6, 6.07) is 4.85. The SMILES string of the molecule is CC(C)CN1CC(N)c2cc(F)ccc21.Cl.Cl. The van der Waals surface area contributed by atoms with Gasteiger partial charge in [-0.15, -0.1) is 24.8 Å². The van der Waals surface area contributed by atoms with Crippen molar-refractivity contribution in [2.24, 2.45) is 11.7 Å². The fourth-order valence-electron chi connectivity index (χ4n) is 2.16. The number of anilines is 1. The fourth-order valence-corrected chi connectivity index (χ4v) is 2.16. The summed E-state index contributed by atoms with van der Waals surface area (Å²) in [5.74, 6) is 0.392. The van der Waals surface area contributed by atoms with Gasteiger partial charge in [0.25, 0.3) is 0 Å². The summed E-state index contributed by atoms with van der Waals surface area (Å²) >= 11 is 0. The van der Waals surface area contributed by atoms with E-state index in [0.29, 0.717) is 5.92 Å². The molecule has 1 unspecified atom stereocenters. The van der Waals surface area contributed by atoms with Crippen LogP contribution in [0.25, 0.3) is 0 Å². The van der Waals surface area contributed by atoms with Crippen molar-refractivity contribution in [1.29, 1.82) is 0 Å². The Morgan fingerprint density at radius 2 is 2.06 bits per heavy atom. The molecule has 2 rings (SSSR count). The van der Waals surface area contributed by atoms with Crippen LogP contribution in [0.5, 0.6) is 0 Å². The number of nitrogens with two attached hydrogens (primary N) is 1. The van der Waals surface area contributed by atoms with Crippen molar-refractivity contribution in [2.75, 3.05) is 18.0 Å². The third kappa shape index (κ3) is 3.47. The molecule has 17 heavy (non-hydrogen) atoms. The standard InChI is InChI=1S/C12H17FN2.2ClH/c1-8(2)6-15-7-11(14)10-5-9(13)3-4-12(10)15;;/h3-5,8,11H,6-7,14H2,1-2H3;2*1H. The molecule has 0 aliphatic carbocycles. The van der Waals surface area contributed by atoms with Gasteiger partial charge >= 0.3 is 0 Å². The number of hydrogen-bond acceptors (Lipinski definition) is 2. The number of benzene rings is 1. The van der Waals surface area contributed by atoms with Crippen molar-refractivity contribution < 1.29 is 4.39 Å². The molecule has 0 spiro atoms. The van der Waals surface area contributed by atoms with Crippen molar-refractivity contribution in [3.63, 3.8) is 0 Å². The highest BCUT2D eigenvalue weighted by Crippen LogP contribution is 2.34. The molecule has 1 aliphatic heterocycles. The molecule has 0 saturated carbocycles. The Labute approximate surface area is 114 Å². The molecule has 0 amide bonds. The summed E-state index contributed by atoms with van der Waals surface area (Å²) in [6.07, 6.45) is 0. The predicted molar refractivity (Wildman–Crippen MR) is 74.9 cm³/mol. The summed E-state index contributed by atoms with van der Waals surface area (Å²) < 4.78 is 13.1. The minimum absolute atomic E-state index is 0. The summed E-state index contributed by atoms with van der Waals surface area (Å²) in [4.78, 5) is 2.24. The summed E-state index contributed by atoms with van der Waals surface area (Å²) in [7, 11) is 0. The van der Waals surface area contributed by atoms with Gasteiger partial charge in [-0.25, -0.2) is 4.39 Å². The monoisotopic (exact) mass is 280 g/mol. The van der Waals surface area contributed by atoms with Gasteiger partial charge in [0, 0.05) is 24.8 Å². The van der Waals surface area contributed by atoms with E-state index in [1.54, 1.807) is 6.07 Å². The molecule has 2 nitrogen and oxygen atoms in total. The fraction of sp³-hybridized carbons (Fsp3) is 0.500. The highest BCUT2D eigenvalue weighted by atomic mass is 35.5. The largest absolute Gasteiger partial charge is 0.369 e. The Balaban J connectivity index is 0.00000128. The zero-order chi connectivity index (χ0) is 11.0. The third-order valence-electron chi connectivity index (χ3n) is 2.73. The second-order valence-corrected chi connectivity index (χ2v) is 4.61. The number of fused-ring (bicyclic) bond motifs is 1. The van der Waals surface area contributed by atoms with Gasteiger partial charge < -0.3 is 10.6 Å². The average Bonchev–Trinajstić information content (AvgIpc) is 2.42. The van der Waals surface area contributed by atoms with Crippen LogP contribution >= 0.6 is 24.8 Å². The normalized spacial score (nSPS) is 17.5. The van der Waals surface area contributed by atoms with E-state index < -0.39 is 0 Å². The lowest BCUT2D eigenvalue weighted by atomic mass is 10.1. The van der Waals surface area contributed by atoms with E-state index in [1.165, 1.54) is 6.07 Å². The average molecular weight is 281 g/mol. The number of nitrogens with zero attached hydrogens (tertiary/aromatic N) is 1. The molecular formula is C12H19Cl2FN2. The molecule has 1 aliphatic rings. The van der Waals surface area contributed by atoms with Crippen molar-refractivity contribution >= 4 is 30.5 Å². The molecule has 0 aromatic heterocycles. The third-order valence-corrected chi connectivity index (χ3v) is 2.73. The van der Waals surface area contributed by atoms with Crippen LogP contribution in [0, 0.1) is 11.7 Å². The lowest BCUT2D eigenvalue weighted by Crippen LogP contribution is -2.28. The lowest BCUT2D eigenvalue weighted by molar-refractivity contribution is 0.603. The Morgan fingerprint density at radius 3 is 2.65 bits per heavy atom. The Kier molecular flexibility index (Phi) is 6.24. The molecular weight excluding hydrogens is 262 g/mol. The molecule has 0 radical (unpaired) electrons. The zero-order valence-electron chi connectivity index (χ0n) is 10.0. The first kappa shape index (κ1) is 16.5. The van der Waals surface area contributed by atoms with Gasteiger partial charge in [-0.1, -0.05) is 13.8 Å². The molecule has 0 saturated heterocycles. The van der Waals surface area contributed by atoms with E-state index in [2.05, 4.69) is 18.7 Å². The van der Waals surface area contributed by atoms with Crippen molar-refractivity contribution in [2.45, 2.75) is 19.9 Å². The maximum absolute atomic E-state index is 13.1. The van der Waals surface area contributed by atoms with Crippen LogP contribution in [0.3, 0.4) is 0 Å². The number of halogens is 3. The van der Waals surface area contributed by atoms with E-state index in [9.17, 15) is 4.39 Å². The second-order valence-electron chi connectivity index (χ2n) is 4.61. The summed E-state index contributed by atoms with van der Waals surface area (Å²) in [6.45, 7) is 6.13. The van der Waals surface area contributed by atoms with Gasteiger partial charge in [-0.2, -0.15) is 0 Å². The number of hydrogen-bond donors (Lipinski definition) is 1. The zero-order valence-corrected chi connectivity index (χ0v) is 11.7. The van der Waals surface area contributed by atoms with Crippen LogP contribution in [0.2, 0.25) is 0 Å². The first-order valence-corrected chi connectivity index (χ1v) is 5.38. The summed E-state index contributed by atoms with van der Waals surface area (Å²) in [5.41, 5.74) is 8.01. The topological polar surface area (TPSA) is 29.3 Å². The van der Waals surface area contributed by atoms with Crippen LogP contribution in [0.4, 0.5) is 10.1 Å². The maximum atomic E-state index is 13.1. The molecule has 2 N–H and O–H groups in total. The van der Waals surface area contributed by atoms with Gasteiger partial charge in [0.05, 0.1) is 0 Å². The van der Waals surface area contributed by atoms with Crippen LogP contribution in [0.1, 0.15) is 25.5 Å². The molecule has 98 valence electrons. The Hall–Kier alpha value is -0.510. The van der Waals surface area contributed by atoms with Crippen LogP contribution in [-0.4, -0.2) is 13.1 Å². The quantitative estimate of drug-likeness (QED) is 0.902. The lowest BCUT2D eigenvalue weighted by Gasteiger charge is -2.21. The van der Waals surface area contributed by atoms with Crippen molar-refractivity contribution in [3.05, 3.63) is 29.6 Å². The molecule has 1 aromatic rings. The van der Waals surface area contributed by atoms with Crippen LogP contribution < -0.4 is 10.6 Å². The minimum atomic E-state index is -0.199. The van der Waals surface area contributed by atoms with Gasteiger partial charge in [0.15, 0.2) is 0 Å². The van der Waals surface area contributed by atoms with Crippen LogP contribution in [-0.2, 0) is 0 Å². The first-order chi connectivity index (χ1) is 7.08. The predicted octanol–water partition coefficient (Wildman–Crippen LogP) is 3.15. The second kappa shape index (κ2) is 6.43. The molecule has 1 atom stereocenters. The number of rotatable bonds is 2. The Bertz CT molecular complexity index is 372. The van der Waals surface area contributed by atoms with E-state index in [0.717, 1.165) is 24.3 Å². The van der Waals surface area contributed by atoms with E-state index in [1.807, 2.05) is 6.07 Å². The Morgan fingerprint density at radius 1 is 1.41 bits per heavy atom. The van der Waals surface area contributed by atoms with E-state index in [-0.39, 0.29) is 36.7 Å². The minimum Gasteiger partial charge on any atom is -0.369 e. The molecule has 0 fully saturated rings. The van der Waals surface area contributed by atoms with Crippen molar-refractivity contribution in [1.82, 2.24) is 0 Å². The summed E-state index contributed by atoms with van der Waals surface area (Å²) in [5, 5.41) is 0. The van der Waals surface area contributed by atoms with E-state index >= 15 is 0 Å². The highest BCUT2D eigenvalue weighted by molar-refractivity contribution is 5.85. The van der Waals surface area contributed by atoms with Crippen LogP contribution in [0.15, 0.2) is 18.2 Å². The smallest absolute Gasteiger partial charge is 0.123 e. The molecule has 1 aromatic carbocycles. The maximum Gasteiger partial charge on any atom is 0.123 e. The van der Waals surface area contributed by atoms with Crippen molar-refractivity contribution in [3.8, 4) is 0 Å². The van der Waals surface area contributed by atoms with Gasteiger partial charge in [0.1, 0.15) is 5.82 Å². The molecule has 1 heterocycles. The van der Waals surface area contributed by atoms with Gasteiger partial charge in [-0.3, -0.25) is 0 Å². The van der Waals surface area contributed by atoms with E-state index in [4.69, 9.17) is 5.73 Å². The highest BCUT2D eigenvalue weighted by Gasteiger charge is 2.26. The van der Waals surface area contributed by atoms with Gasteiger partial charge in [-0.05, 0) is 29.7 Å². The van der Waals surface area contributed by atoms with Gasteiger partial charge in [0.2, 0.25) is 0 Å². The molecule has 0 bridgehead atoms. The molecule has 5 heteroatoms.